The Labute approximate surface area is 165 Å². The van der Waals surface area contributed by atoms with Crippen LogP contribution in [0.5, 0.6) is 11.5 Å². The van der Waals surface area contributed by atoms with Crippen LogP contribution in [-0.4, -0.2) is 17.6 Å². The van der Waals surface area contributed by atoms with Gasteiger partial charge in [-0.3, -0.25) is 9.78 Å². The molecule has 0 atom stereocenters. The van der Waals surface area contributed by atoms with Gasteiger partial charge in [-0.25, -0.2) is 0 Å². The van der Waals surface area contributed by atoms with E-state index in [4.69, 9.17) is 9.47 Å². The molecule has 0 aliphatic carbocycles. The van der Waals surface area contributed by atoms with Crippen molar-refractivity contribution in [2.24, 2.45) is 0 Å². The number of aromatic nitrogens is 1. The lowest BCUT2D eigenvalue weighted by Crippen LogP contribution is -2.10. The molecule has 0 spiro atoms. The smallest absolute Gasteiger partial charge is 0.311 e. The van der Waals surface area contributed by atoms with Crippen LogP contribution in [0.25, 0.3) is 12.2 Å². The van der Waals surface area contributed by atoms with E-state index in [1.165, 1.54) is 0 Å². The molecular formula is C24H23NO3. The minimum atomic E-state index is -0.276. The van der Waals surface area contributed by atoms with Crippen LogP contribution in [-0.2, 0) is 11.2 Å². The van der Waals surface area contributed by atoms with E-state index in [-0.39, 0.29) is 5.97 Å². The van der Waals surface area contributed by atoms with E-state index < -0.39 is 0 Å². The van der Waals surface area contributed by atoms with Crippen LogP contribution in [0.1, 0.15) is 30.2 Å². The Hall–Kier alpha value is -3.40. The first-order valence-corrected chi connectivity index (χ1v) is 9.35. The van der Waals surface area contributed by atoms with Gasteiger partial charge in [0.15, 0.2) is 11.5 Å². The Kier molecular flexibility index (Phi) is 6.96. The lowest BCUT2D eigenvalue weighted by atomic mass is 10.1. The molecule has 4 heteroatoms. The van der Waals surface area contributed by atoms with Gasteiger partial charge in [0.2, 0.25) is 0 Å². The van der Waals surface area contributed by atoms with Crippen LogP contribution in [0.4, 0.5) is 0 Å². The first kappa shape index (κ1) is 19.4. The molecular weight excluding hydrogens is 350 g/mol. The molecule has 3 rings (SSSR count). The molecule has 0 aliphatic rings. The Morgan fingerprint density at radius 3 is 2.54 bits per heavy atom. The maximum atomic E-state index is 12.2. The van der Waals surface area contributed by atoms with Gasteiger partial charge in [0.05, 0.1) is 12.3 Å². The second kappa shape index (κ2) is 10.1. The van der Waals surface area contributed by atoms with Gasteiger partial charge in [-0.1, -0.05) is 48.5 Å². The predicted octanol–water partition coefficient (Wildman–Crippen LogP) is 5.19. The van der Waals surface area contributed by atoms with Gasteiger partial charge in [-0.15, -0.1) is 0 Å². The van der Waals surface area contributed by atoms with Crippen molar-refractivity contribution in [3.63, 3.8) is 0 Å². The fourth-order valence-corrected chi connectivity index (χ4v) is 2.70. The van der Waals surface area contributed by atoms with Crippen molar-refractivity contribution in [3.8, 4) is 11.5 Å². The van der Waals surface area contributed by atoms with E-state index in [9.17, 15) is 4.79 Å². The zero-order valence-corrected chi connectivity index (χ0v) is 15.9. The Morgan fingerprint density at radius 1 is 0.964 bits per heavy atom. The summed E-state index contributed by atoms with van der Waals surface area (Å²) >= 11 is 0. The van der Waals surface area contributed by atoms with Gasteiger partial charge in [0.25, 0.3) is 0 Å². The van der Waals surface area contributed by atoms with Crippen LogP contribution in [0.15, 0.2) is 72.9 Å². The Balaban J connectivity index is 1.66. The number of benzene rings is 2. The number of nitrogens with zero attached hydrogens (tertiary/aromatic N) is 1. The average Bonchev–Trinajstić information content (AvgIpc) is 2.74. The lowest BCUT2D eigenvalue weighted by Gasteiger charge is -2.11. The summed E-state index contributed by atoms with van der Waals surface area (Å²) in [5.74, 6) is 0.718. The highest BCUT2D eigenvalue weighted by molar-refractivity contribution is 5.75. The molecule has 2 aromatic carbocycles. The van der Waals surface area contributed by atoms with Crippen molar-refractivity contribution in [2.45, 2.75) is 19.8 Å². The van der Waals surface area contributed by atoms with E-state index in [1.807, 2.05) is 79.7 Å². The fourth-order valence-electron chi connectivity index (χ4n) is 2.70. The van der Waals surface area contributed by atoms with Gasteiger partial charge in [-0.2, -0.15) is 0 Å². The Bertz CT molecular complexity index is 921. The quantitative estimate of drug-likeness (QED) is 0.403. The highest BCUT2D eigenvalue weighted by atomic mass is 16.6. The summed E-state index contributed by atoms with van der Waals surface area (Å²) in [5.41, 5.74) is 2.93. The summed E-state index contributed by atoms with van der Waals surface area (Å²) in [6, 6.07) is 21.2. The van der Waals surface area contributed by atoms with E-state index in [2.05, 4.69) is 4.98 Å². The highest BCUT2D eigenvalue weighted by Crippen LogP contribution is 2.29. The third-order valence-corrected chi connectivity index (χ3v) is 4.09. The minimum absolute atomic E-state index is 0.276. The minimum Gasteiger partial charge on any atom is -0.490 e. The number of pyridine rings is 1. The third kappa shape index (κ3) is 5.81. The maximum absolute atomic E-state index is 12.2. The van der Waals surface area contributed by atoms with Gasteiger partial charge < -0.3 is 9.47 Å². The van der Waals surface area contributed by atoms with Crippen molar-refractivity contribution in [1.29, 1.82) is 0 Å². The number of aryl methyl sites for hydroxylation is 1. The summed E-state index contributed by atoms with van der Waals surface area (Å²) in [5, 5.41) is 0. The van der Waals surface area contributed by atoms with Crippen LogP contribution >= 0.6 is 0 Å². The Morgan fingerprint density at radius 2 is 1.79 bits per heavy atom. The maximum Gasteiger partial charge on any atom is 0.311 e. The van der Waals surface area contributed by atoms with Crippen molar-refractivity contribution in [1.82, 2.24) is 4.98 Å². The number of esters is 1. The molecule has 0 aliphatic heterocycles. The van der Waals surface area contributed by atoms with Crippen LogP contribution < -0.4 is 9.47 Å². The normalized spacial score (nSPS) is 10.8. The topological polar surface area (TPSA) is 48.4 Å². The summed E-state index contributed by atoms with van der Waals surface area (Å²) in [6.45, 7) is 2.39. The molecule has 0 fully saturated rings. The standard InChI is InChI=1S/C24H23NO3/c1-2-27-23-18-20(11-14-21-10-6-7-17-25-21)12-15-22(23)28-24(26)16-13-19-8-4-3-5-9-19/h3-12,14-15,17-18H,2,13,16H2,1H3/b14-11+. The molecule has 0 radical (unpaired) electrons. The highest BCUT2D eigenvalue weighted by Gasteiger charge is 2.11. The number of hydrogen-bond donors (Lipinski definition) is 0. The van der Waals surface area contributed by atoms with Crippen LogP contribution in [0.2, 0.25) is 0 Å². The molecule has 0 saturated carbocycles. The zero-order valence-electron chi connectivity index (χ0n) is 15.9. The van der Waals surface area contributed by atoms with E-state index in [0.29, 0.717) is 30.9 Å². The number of hydrogen-bond acceptors (Lipinski definition) is 4. The van der Waals surface area contributed by atoms with E-state index in [1.54, 1.807) is 12.3 Å². The second-order valence-corrected chi connectivity index (χ2v) is 6.19. The summed E-state index contributed by atoms with van der Waals surface area (Å²) in [4.78, 5) is 16.5. The summed E-state index contributed by atoms with van der Waals surface area (Å²) < 4.78 is 11.2. The zero-order chi connectivity index (χ0) is 19.6. The molecule has 0 unspecified atom stereocenters. The fraction of sp³-hybridized carbons (Fsp3) is 0.167. The second-order valence-electron chi connectivity index (χ2n) is 6.19. The molecule has 28 heavy (non-hydrogen) atoms. The van der Waals surface area contributed by atoms with Gasteiger partial charge in [0.1, 0.15) is 0 Å². The van der Waals surface area contributed by atoms with Crippen LogP contribution in [0, 0.1) is 0 Å². The predicted molar refractivity (Wildman–Crippen MR) is 111 cm³/mol. The summed E-state index contributed by atoms with van der Waals surface area (Å²) in [7, 11) is 0. The SMILES string of the molecule is CCOc1cc(/C=C/c2ccccn2)ccc1OC(=O)CCc1ccccc1. The van der Waals surface area contributed by atoms with Gasteiger partial charge in [0, 0.05) is 12.6 Å². The first-order valence-electron chi connectivity index (χ1n) is 9.35. The van der Waals surface area contributed by atoms with Crippen molar-refractivity contribution in [2.75, 3.05) is 6.61 Å². The molecule has 3 aromatic rings. The van der Waals surface area contributed by atoms with Crippen molar-refractivity contribution >= 4 is 18.1 Å². The molecule has 4 nitrogen and oxygen atoms in total. The van der Waals surface area contributed by atoms with Crippen molar-refractivity contribution in [3.05, 3.63) is 89.7 Å². The largest absolute Gasteiger partial charge is 0.490 e. The lowest BCUT2D eigenvalue weighted by molar-refractivity contribution is -0.134. The van der Waals surface area contributed by atoms with Gasteiger partial charge >= 0.3 is 5.97 Å². The van der Waals surface area contributed by atoms with Gasteiger partial charge in [-0.05, 0) is 54.8 Å². The third-order valence-electron chi connectivity index (χ3n) is 4.09. The number of ether oxygens (including phenoxy) is 2. The first-order chi connectivity index (χ1) is 13.7. The molecule has 0 amide bonds. The molecule has 0 bridgehead atoms. The molecule has 1 heterocycles. The monoisotopic (exact) mass is 373 g/mol. The average molecular weight is 373 g/mol. The van der Waals surface area contributed by atoms with E-state index >= 15 is 0 Å². The molecule has 0 N–H and O–H groups in total. The summed E-state index contributed by atoms with van der Waals surface area (Å²) in [6.07, 6.45) is 6.59. The number of carbonyl (C=O) groups excluding carboxylic acids is 1. The van der Waals surface area contributed by atoms with Crippen LogP contribution in [0.3, 0.4) is 0 Å². The van der Waals surface area contributed by atoms with Crippen molar-refractivity contribution < 1.29 is 14.3 Å². The number of rotatable bonds is 8. The molecule has 1 aromatic heterocycles. The van der Waals surface area contributed by atoms with E-state index in [0.717, 1.165) is 16.8 Å². The molecule has 0 saturated heterocycles. The number of carbonyl (C=O) groups is 1. The molecule has 142 valence electrons.